The van der Waals surface area contributed by atoms with Crippen LogP contribution in [0.15, 0.2) is 119 Å². The fourth-order valence-electron chi connectivity index (χ4n) is 2.64. The van der Waals surface area contributed by atoms with Gasteiger partial charge in [-0.2, -0.15) is 0 Å². The second kappa shape index (κ2) is 9.21. The molecule has 8 bridgehead atoms. The van der Waals surface area contributed by atoms with Gasteiger partial charge in [0.1, 0.15) is 0 Å². The van der Waals surface area contributed by atoms with E-state index in [1.807, 2.05) is 18.2 Å². The highest BCUT2D eigenvalue weighted by Gasteiger charge is 2.13. The first-order valence-corrected chi connectivity index (χ1v) is 9.07. The Balaban J connectivity index is 0.000000288. The second-order valence-electron chi connectivity index (χ2n) is 6.12. The van der Waals surface area contributed by atoms with Crippen LogP contribution < -0.4 is 0 Å². The van der Waals surface area contributed by atoms with Crippen LogP contribution in [0, 0.1) is 0 Å². The highest BCUT2D eigenvalue weighted by Crippen LogP contribution is 2.10. The van der Waals surface area contributed by atoms with Gasteiger partial charge in [0, 0.05) is 12.4 Å². The van der Waals surface area contributed by atoms with E-state index in [1.54, 1.807) is 61.0 Å². The summed E-state index contributed by atoms with van der Waals surface area (Å²) >= 11 is 0. The molecule has 9 nitrogen and oxygen atoms in total. The van der Waals surface area contributed by atoms with Gasteiger partial charge in [-0.1, -0.05) is 6.07 Å². The molecule has 0 amide bonds. The Kier molecular flexibility index (Phi) is 6.03. The van der Waals surface area contributed by atoms with Crippen molar-refractivity contribution in [3.05, 3.63) is 79.2 Å². The predicted octanol–water partition coefficient (Wildman–Crippen LogP) is 1.36. The summed E-state index contributed by atoms with van der Waals surface area (Å²) in [6, 6.07) is 5.72. The van der Waals surface area contributed by atoms with Gasteiger partial charge in [-0.15, -0.1) is 0 Å². The molecule has 0 aliphatic carbocycles. The number of aromatic nitrogens is 1. The largest absolute Gasteiger partial charge is 0.265 e. The molecule has 0 N–H and O–H groups in total. The van der Waals surface area contributed by atoms with Crippen molar-refractivity contribution in [2.75, 3.05) is 0 Å². The molecule has 1 aromatic heterocycles. The van der Waals surface area contributed by atoms with Gasteiger partial charge in [-0.25, -0.2) is 39.9 Å². The summed E-state index contributed by atoms with van der Waals surface area (Å²) < 4.78 is 0. The van der Waals surface area contributed by atoms with Crippen molar-refractivity contribution in [1.29, 1.82) is 0 Å². The number of fused-ring (bicyclic) bond motifs is 4. The first-order valence-electron chi connectivity index (χ1n) is 9.07. The van der Waals surface area contributed by atoms with Crippen LogP contribution in [0.25, 0.3) is 0 Å². The molecule has 0 aromatic carbocycles. The maximum atomic E-state index is 4.37. The molecular weight excluding hydrogens is 405 g/mol. The molecule has 31 heavy (non-hydrogen) atoms. The van der Waals surface area contributed by atoms with E-state index in [0.717, 1.165) is 0 Å². The summed E-state index contributed by atoms with van der Waals surface area (Å²) in [6.45, 7) is 0. The summed E-state index contributed by atoms with van der Waals surface area (Å²) in [5.74, 6) is 4.30. The highest BCUT2D eigenvalue weighted by molar-refractivity contribution is 6.28. The van der Waals surface area contributed by atoms with E-state index in [4.69, 9.17) is 0 Å². The van der Waals surface area contributed by atoms with Gasteiger partial charge in [-0.3, -0.25) is 4.98 Å². The Hall–Kier alpha value is -4.00. The molecule has 0 spiro atoms. The third-order valence-electron chi connectivity index (χ3n) is 3.93. The summed E-state index contributed by atoms with van der Waals surface area (Å²) in [5.41, 5.74) is 0. The zero-order valence-electron chi connectivity index (χ0n) is 15.5. The minimum atomic E-state index is 0. The van der Waals surface area contributed by atoms with Crippen LogP contribution in [0.4, 0.5) is 0 Å². The number of aliphatic imine (C=N–C) groups is 8. The monoisotopic (exact) mass is 421 g/mol. The maximum absolute atomic E-state index is 4.37. The zero-order chi connectivity index (χ0) is 20.2. The molecule has 5 aliphatic heterocycles. The van der Waals surface area contributed by atoms with Gasteiger partial charge >= 0.3 is 0 Å². The number of hydrogen-bond acceptors (Lipinski definition) is 9. The third kappa shape index (κ3) is 5.14. The van der Waals surface area contributed by atoms with Crippen molar-refractivity contribution in [2.24, 2.45) is 39.9 Å². The summed E-state index contributed by atoms with van der Waals surface area (Å²) in [6.07, 6.45) is 17.7. The van der Waals surface area contributed by atoms with Crippen LogP contribution in [-0.2, 0) is 0 Å². The molecular formula is C21H16AlN9. The number of rotatable bonds is 0. The normalized spacial score (nSPS) is 25.8. The molecule has 6 heterocycles. The topological polar surface area (TPSA) is 112 Å². The van der Waals surface area contributed by atoms with E-state index in [2.05, 4.69) is 44.9 Å². The quantitative estimate of drug-likeness (QED) is 0.579. The minimum absolute atomic E-state index is 0. The fraction of sp³-hybridized carbons (Fsp3) is 0. The van der Waals surface area contributed by atoms with E-state index in [1.165, 1.54) is 0 Å². The van der Waals surface area contributed by atoms with Crippen molar-refractivity contribution in [3.63, 3.8) is 0 Å². The summed E-state index contributed by atoms with van der Waals surface area (Å²) in [5, 5.41) is 0. The van der Waals surface area contributed by atoms with Crippen molar-refractivity contribution in [3.8, 4) is 0 Å². The highest BCUT2D eigenvalue weighted by atomic mass is 27.0. The van der Waals surface area contributed by atoms with E-state index in [9.17, 15) is 0 Å². The van der Waals surface area contributed by atoms with Crippen LogP contribution in [-0.4, -0.2) is 69.0 Å². The Labute approximate surface area is 188 Å². The van der Waals surface area contributed by atoms with Crippen LogP contribution in [0.5, 0.6) is 0 Å². The van der Waals surface area contributed by atoms with E-state index in [-0.39, 0.29) is 17.4 Å². The molecule has 148 valence electrons. The van der Waals surface area contributed by atoms with Crippen molar-refractivity contribution in [1.82, 2.24) is 4.98 Å². The summed E-state index contributed by atoms with van der Waals surface area (Å²) in [4.78, 5) is 38.6. The number of amidine groups is 8. The van der Waals surface area contributed by atoms with Gasteiger partial charge < -0.3 is 0 Å². The third-order valence-corrected chi connectivity index (χ3v) is 3.93. The van der Waals surface area contributed by atoms with Gasteiger partial charge in [0.2, 0.25) is 0 Å². The molecule has 0 saturated heterocycles. The number of hydrogen-bond donors (Lipinski definition) is 0. The Morgan fingerprint density at radius 3 is 0.677 bits per heavy atom. The average Bonchev–Trinajstić information content (AvgIpc) is 3.56. The molecule has 0 saturated carbocycles. The lowest BCUT2D eigenvalue weighted by Crippen LogP contribution is -1.98. The van der Waals surface area contributed by atoms with Crippen LogP contribution >= 0.6 is 0 Å². The van der Waals surface area contributed by atoms with E-state index in [0.29, 0.717) is 46.7 Å². The molecule has 0 fully saturated rings. The number of nitrogens with zero attached hydrogens (tertiary/aromatic N) is 9. The standard InChI is InChI=1S/C16H8N8.C5H5N.Al.3H/c1-2-10-17-9(1)21-11-3-4-13(18-11)23-15-7-8-16(20-15)24-14-6-5-12(19-14)22-10;1-2-4-6-5-3-1;;;;/h1-8H;1-5H;;;;/b21-9-,21-11?,22-10?,22-12-,23-13-,23-15?,24-14?,24-16-;;;;;. The maximum Gasteiger partial charge on any atom is 0.187 e. The zero-order valence-corrected chi connectivity index (χ0v) is 15.5. The van der Waals surface area contributed by atoms with E-state index < -0.39 is 0 Å². The smallest absolute Gasteiger partial charge is 0.187 e. The SMILES string of the molecule is C1=C/C2=N/C3=NC(=N\C4=NC(=N\C5=NC(=N\C1=N2)/C=C5)/C=C4)/C=C3.[AlH3].c1ccncc1. The Morgan fingerprint density at radius 2 is 0.548 bits per heavy atom. The van der Waals surface area contributed by atoms with Gasteiger partial charge in [0.25, 0.3) is 0 Å². The van der Waals surface area contributed by atoms with Gasteiger partial charge in [0.05, 0.1) is 0 Å². The molecule has 0 radical (unpaired) electrons. The second-order valence-corrected chi connectivity index (χ2v) is 6.12. The Bertz CT molecular complexity index is 1060. The fourth-order valence-corrected chi connectivity index (χ4v) is 2.64. The van der Waals surface area contributed by atoms with Crippen molar-refractivity contribution in [2.45, 2.75) is 0 Å². The molecule has 5 aliphatic rings. The average molecular weight is 421 g/mol. The van der Waals surface area contributed by atoms with Gasteiger partial charge in [-0.05, 0) is 60.7 Å². The first kappa shape index (κ1) is 20.3. The lowest BCUT2D eigenvalue weighted by molar-refractivity contribution is 1.33. The van der Waals surface area contributed by atoms with Crippen LogP contribution in [0.1, 0.15) is 0 Å². The predicted molar refractivity (Wildman–Crippen MR) is 130 cm³/mol. The van der Waals surface area contributed by atoms with Crippen LogP contribution in [0.3, 0.4) is 0 Å². The molecule has 0 unspecified atom stereocenters. The Morgan fingerprint density at radius 1 is 0.323 bits per heavy atom. The molecule has 6 rings (SSSR count). The van der Waals surface area contributed by atoms with Crippen molar-refractivity contribution < 1.29 is 0 Å². The molecule has 10 heteroatoms. The number of pyridine rings is 1. The molecule has 0 atom stereocenters. The minimum Gasteiger partial charge on any atom is -0.265 e. The first-order chi connectivity index (χ1) is 14.8. The van der Waals surface area contributed by atoms with Gasteiger partial charge in [0.15, 0.2) is 64.0 Å². The lowest BCUT2D eigenvalue weighted by Gasteiger charge is -1.92. The lowest BCUT2D eigenvalue weighted by atomic mass is 10.4. The summed E-state index contributed by atoms with van der Waals surface area (Å²) in [7, 11) is 0. The van der Waals surface area contributed by atoms with Crippen LogP contribution in [0.2, 0.25) is 0 Å². The van der Waals surface area contributed by atoms with E-state index >= 15 is 0 Å². The molecule has 1 aromatic rings. The van der Waals surface area contributed by atoms with Crippen molar-refractivity contribution >= 4 is 64.0 Å².